The molecule has 2 aromatic carbocycles. The molecule has 0 aliphatic heterocycles. The molecule has 0 fully saturated rings. The topological polar surface area (TPSA) is 25.8 Å². The van der Waals surface area contributed by atoms with Crippen LogP contribution in [-0.4, -0.2) is 13.7 Å². The highest BCUT2D eigenvalue weighted by atomic mass is 16.5. The normalized spacial score (nSPS) is 13.6. The maximum absolute atomic E-state index is 5.30. The predicted octanol–water partition coefficient (Wildman–Crippen LogP) is 4.93. The zero-order valence-corrected chi connectivity index (χ0v) is 16.2. The molecule has 2 rings (SSSR count). The molecule has 2 atom stereocenters. The van der Waals surface area contributed by atoms with E-state index in [1.165, 1.54) is 30.4 Å². The largest absolute Gasteiger partial charge is 0.497 e. The van der Waals surface area contributed by atoms with Gasteiger partial charge in [-0.05, 0) is 42.9 Å². The summed E-state index contributed by atoms with van der Waals surface area (Å²) in [5.74, 6) is 2.33. The standard InChI is InChI=1S/C23H33NO/c1-18(2)10-11-22(21-12-14-23(25-4)15-13-21)16-17-24-19(3)20-8-6-5-7-9-20/h5-9,12-15,18-19,22,24H,10-11,16-17H2,1-4H3/p+1/t19-,22-/m0/s1. The Bertz CT molecular complexity index is 591. The van der Waals surface area contributed by atoms with Crippen LogP contribution in [-0.2, 0) is 0 Å². The molecule has 136 valence electrons. The van der Waals surface area contributed by atoms with E-state index in [0.717, 1.165) is 18.2 Å². The van der Waals surface area contributed by atoms with Crippen molar-refractivity contribution in [3.05, 3.63) is 65.7 Å². The zero-order valence-electron chi connectivity index (χ0n) is 16.2. The number of ether oxygens (including phenoxy) is 1. The van der Waals surface area contributed by atoms with Crippen molar-refractivity contribution >= 4 is 0 Å². The van der Waals surface area contributed by atoms with Crippen molar-refractivity contribution in [3.63, 3.8) is 0 Å². The molecule has 2 heteroatoms. The van der Waals surface area contributed by atoms with Crippen molar-refractivity contribution in [3.8, 4) is 5.75 Å². The van der Waals surface area contributed by atoms with E-state index >= 15 is 0 Å². The number of nitrogens with two attached hydrogens (primary N) is 1. The van der Waals surface area contributed by atoms with E-state index in [-0.39, 0.29) is 0 Å². The van der Waals surface area contributed by atoms with E-state index in [1.54, 1.807) is 7.11 Å². The first-order valence-corrected chi connectivity index (χ1v) is 9.62. The van der Waals surface area contributed by atoms with Crippen molar-refractivity contribution in [1.82, 2.24) is 0 Å². The van der Waals surface area contributed by atoms with Gasteiger partial charge in [0.2, 0.25) is 0 Å². The van der Waals surface area contributed by atoms with Crippen LogP contribution < -0.4 is 10.1 Å². The van der Waals surface area contributed by atoms with Gasteiger partial charge in [0.25, 0.3) is 0 Å². The third-order valence-corrected chi connectivity index (χ3v) is 5.04. The summed E-state index contributed by atoms with van der Waals surface area (Å²) in [6.45, 7) is 8.08. The lowest BCUT2D eigenvalue weighted by molar-refractivity contribution is -0.693. The maximum atomic E-state index is 5.30. The Morgan fingerprint density at radius 2 is 1.48 bits per heavy atom. The van der Waals surface area contributed by atoms with Crippen LogP contribution in [0, 0.1) is 5.92 Å². The molecular formula is C23H34NO+. The molecule has 0 radical (unpaired) electrons. The van der Waals surface area contributed by atoms with Gasteiger partial charge < -0.3 is 10.1 Å². The summed E-state index contributed by atoms with van der Waals surface area (Å²) < 4.78 is 5.30. The fourth-order valence-electron chi connectivity index (χ4n) is 3.33. The number of rotatable bonds is 10. The van der Waals surface area contributed by atoms with Gasteiger partial charge in [-0.2, -0.15) is 0 Å². The summed E-state index contributed by atoms with van der Waals surface area (Å²) in [4.78, 5) is 0. The first-order valence-electron chi connectivity index (χ1n) is 9.62. The summed E-state index contributed by atoms with van der Waals surface area (Å²) in [6, 6.07) is 20.0. The van der Waals surface area contributed by atoms with Gasteiger partial charge in [0, 0.05) is 12.0 Å². The Kier molecular flexibility index (Phi) is 8.00. The van der Waals surface area contributed by atoms with Gasteiger partial charge in [0.1, 0.15) is 11.8 Å². The molecule has 0 amide bonds. The second-order valence-electron chi connectivity index (χ2n) is 7.45. The number of benzene rings is 2. The summed E-state index contributed by atoms with van der Waals surface area (Å²) in [5, 5.41) is 2.47. The van der Waals surface area contributed by atoms with Crippen molar-refractivity contribution < 1.29 is 10.1 Å². The Morgan fingerprint density at radius 3 is 2.08 bits per heavy atom. The van der Waals surface area contributed by atoms with Crippen molar-refractivity contribution in [1.29, 1.82) is 0 Å². The number of hydrogen-bond acceptors (Lipinski definition) is 1. The van der Waals surface area contributed by atoms with Crippen LogP contribution in [0.4, 0.5) is 0 Å². The van der Waals surface area contributed by atoms with Gasteiger partial charge in [0.15, 0.2) is 0 Å². The minimum absolute atomic E-state index is 0.516. The lowest BCUT2D eigenvalue weighted by Crippen LogP contribution is -2.84. The third-order valence-electron chi connectivity index (χ3n) is 5.04. The van der Waals surface area contributed by atoms with E-state index in [2.05, 4.69) is 80.7 Å². The molecule has 0 heterocycles. The van der Waals surface area contributed by atoms with Gasteiger partial charge in [-0.15, -0.1) is 0 Å². The van der Waals surface area contributed by atoms with Crippen LogP contribution in [0.5, 0.6) is 5.75 Å². The Morgan fingerprint density at radius 1 is 0.800 bits per heavy atom. The molecule has 0 bridgehead atoms. The molecule has 0 unspecified atom stereocenters. The molecule has 2 N–H and O–H groups in total. The molecule has 0 saturated heterocycles. The highest BCUT2D eigenvalue weighted by Gasteiger charge is 2.15. The van der Waals surface area contributed by atoms with E-state index in [9.17, 15) is 0 Å². The SMILES string of the molecule is COc1ccc([C@H](CC[NH2+][C@@H](C)c2ccccc2)CCC(C)C)cc1. The lowest BCUT2D eigenvalue weighted by atomic mass is 9.88. The first-order chi connectivity index (χ1) is 12.1. The van der Waals surface area contributed by atoms with Gasteiger partial charge >= 0.3 is 0 Å². The second kappa shape index (κ2) is 10.2. The minimum Gasteiger partial charge on any atom is -0.497 e. The molecule has 0 aromatic heterocycles. The molecule has 2 nitrogen and oxygen atoms in total. The van der Waals surface area contributed by atoms with Crippen LogP contribution in [0.3, 0.4) is 0 Å². The van der Waals surface area contributed by atoms with E-state index < -0.39 is 0 Å². The average molecular weight is 341 g/mol. The molecule has 2 aromatic rings. The van der Waals surface area contributed by atoms with Crippen LogP contribution >= 0.6 is 0 Å². The maximum Gasteiger partial charge on any atom is 0.118 e. The van der Waals surface area contributed by atoms with Crippen molar-refractivity contribution in [2.75, 3.05) is 13.7 Å². The fraction of sp³-hybridized carbons (Fsp3) is 0.478. The summed E-state index contributed by atoms with van der Waals surface area (Å²) in [6.07, 6.45) is 3.76. The van der Waals surface area contributed by atoms with Crippen molar-refractivity contribution in [2.45, 2.75) is 52.0 Å². The summed E-state index contributed by atoms with van der Waals surface area (Å²) in [7, 11) is 1.73. The van der Waals surface area contributed by atoms with Gasteiger partial charge in [-0.25, -0.2) is 0 Å². The first kappa shape index (κ1) is 19.5. The average Bonchev–Trinajstić information content (AvgIpc) is 2.65. The number of methoxy groups -OCH3 is 1. The highest BCUT2D eigenvalue weighted by Crippen LogP contribution is 2.27. The molecular weight excluding hydrogens is 306 g/mol. The van der Waals surface area contributed by atoms with Crippen molar-refractivity contribution in [2.24, 2.45) is 5.92 Å². The van der Waals surface area contributed by atoms with Gasteiger partial charge in [0.05, 0.1) is 13.7 Å². The van der Waals surface area contributed by atoms with E-state index in [0.29, 0.717) is 12.0 Å². The lowest BCUT2D eigenvalue weighted by Gasteiger charge is -2.19. The molecule has 0 spiro atoms. The molecule has 0 aliphatic carbocycles. The summed E-state index contributed by atoms with van der Waals surface area (Å²) >= 11 is 0. The Hall–Kier alpha value is -1.80. The van der Waals surface area contributed by atoms with E-state index in [4.69, 9.17) is 4.74 Å². The monoisotopic (exact) mass is 340 g/mol. The number of quaternary nitrogens is 1. The smallest absolute Gasteiger partial charge is 0.118 e. The van der Waals surface area contributed by atoms with Crippen LogP contribution in [0.1, 0.15) is 63.1 Å². The fourth-order valence-corrected chi connectivity index (χ4v) is 3.33. The minimum atomic E-state index is 0.516. The quantitative estimate of drug-likeness (QED) is 0.652. The molecule has 0 aliphatic rings. The highest BCUT2D eigenvalue weighted by molar-refractivity contribution is 5.29. The van der Waals surface area contributed by atoms with Crippen LogP contribution in [0.2, 0.25) is 0 Å². The molecule has 25 heavy (non-hydrogen) atoms. The van der Waals surface area contributed by atoms with Gasteiger partial charge in [-0.3, -0.25) is 0 Å². The predicted molar refractivity (Wildman–Crippen MR) is 106 cm³/mol. The summed E-state index contributed by atoms with van der Waals surface area (Å²) in [5.41, 5.74) is 2.85. The number of hydrogen-bond donors (Lipinski definition) is 1. The van der Waals surface area contributed by atoms with E-state index in [1.807, 2.05) is 0 Å². The third kappa shape index (κ3) is 6.55. The van der Waals surface area contributed by atoms with Gasteiger partial charge in [-0.1, -0.05) is 62.7 Å². The Balaban J connectivity index is 1.93. The van der Waals surface area contributed by atoms with Crippen LogP contribution in [0.25, 0.3) is 0 Å². The second-order valence-corrected chi connectivity index (χ2v) is 7.45. The Labute approximate surface area is 153 Å². The zero-order chi connectivity index (χ0) is 18.1. The molecule has 0 saturated carbocycles. The van der Waals surface area contributed by atoms with Crippen LogP contribution in [0.15, 0.2) is 54.6 Å².